The van der Waals surface area contributed by atoms with Gasteiger partial charge in [-0.25, -0.2) is 4.98 Å². The molecule has 3 heterocycles. The molecule has 6 nitrogen and oxygen atoms in total. The number of hydrogen-bond donors (Lipinski definition) is 1. The summed E-state index contributed by atoms with van der Waals surface area (Å²) in [5.41, 5.74) is 1.16. The fourth-order valence-corrected chi connectivity index (χ4v) is 5.79. The molecular weight excluding hydrogens is 372 g/mol. The summed E-state index contributed by atoms with van der Waals surface area (Å²) in [6.45, 7) is 8.16. The van der Waals surface area contributed by atoms with E-state index >= 15 is 0 Å². The smallest absolute Gasteiger partial charge is 0.262 e. The zero-order valence-electron chi connectivity index (χ0n) is 17.1. The van der Waals surface area contributed by atoms with Crippen molar-refractivity contribution in [3.8, 4) is 0 Å². The summed E-state index contributed by atoms with van der Waals surface area (Å²) in [6.07, 6.45) is 6.46. The minimum atomic E-state index is 0.0989. The highest BCUT2D eigenvalue weighted by Crippen LogP contribution is 2.29. The molecular formula is C21H30N4O2S. The van der Waals surface area contributed by atoms with Gasteiger partial charge in [0.25, 0.3) is 5.56 Å². The Kier molecular flexibility index (Phi) is 5.56. The number of rotatable bonds is 4. The third-order valence-electron chi connectivity index (χ3n) is 6.42. The van der Waals surface area contributed by atoms with E-state index in [-0.39, 0.29) is 17.5 Å². The van der Waals surface area contributed by atoms with Crippen LogP contribution in [0.25, 0.3) is 10.2 Å². The summed E-state index contributed by atoms with van der Waals surface area (Å²) in [5.74, 6) is 0.947. The zero-order valence-corrected chi connectivity index (χ0v) is 17.9. The molecule has 1 saturated heterocycles. The van der Waals surface area contributed by atoms with Gasteiger partial charge in [-0.2, -0.15) is 0 Å². The van der Waals surface area contributed by atoms with Crippen molar-refractivity contribution >= 4 is 27.5 Å². The van der Waals surface area contributed by atoms with Crippen molar-refractivity contribution in [3.05, 3.63) is 26.6 Å². The number of piperidine rings is 1. The summed E-state index contributed by atoms with van der Waals surface area (Å²) in [4.78, 5) is 34.4. The third kappa shape index (κ3) is 3.74. The molecule has 2 aromatic rings. The van der Waals surface area contributed by atoms with Crippen LogP contribution in [0.4, 0.5) is 0 Å². The standard InChI is InChI=1S/C21H30N4O2S/c1-13-14(2)28-20-19(13)21(27)25(15(3)22-20)17-8-10-24(11-9-17)12-18(26)23-16-6-4-5-7-16/h16-17H,4-12H2,1-3H3,(H,23,26). The lowest BCUT2D eigenvalue weighted by Crippen LogP contribution is -2.45. The van der Waals surface area contributed by atoms with Crippen molar-refractivity contribution in [2.24, 2.45) is 0 Å². The Morgan fingerprint density at radius 1 is 1.14 bits per heavy atom. The van der Waals surface area contributed by atoms with E-state index in [0.29, 0.717) is 12.6 Å². The zero-order chi connectivity index (χ0) is 19.8. The monoisotopic (exact) mass is 402 g/mol. The quantitative estimate of drug-likeness (QED) is 0.853. The third-order valence-corrected chi connectivity index (χ3v) is 7.52. The number of fused-ring (bicyclic) bond motifs is 1. The molecule has 0 spiro atoms. The van der Waals surface area contributed by atoms with Crippen LogP contribution in [0, 0.1) is 20.8 Å². The lowest BCUT2D eigenvalue weighted by atomic mass is 10.0. The first-order valence-corrected chi connectivity index (χ1v) is 11.3. The van der Waals surface area contributed by atoms with Crippen LogP contribution >= 0.6 is 11.3 Å². The van der Waals surface area contributed by atoms with Gasteiger partial charge < -0.3 is 5.32 Å². The van der Waals surface area contributed by atoms with Crippen molar-refractivity contribution in [1.29, 1.82) is 0 Å². The van der Waals surface area contributed by atoms with Crippen LogP contribution in [0.3, 0.4) is 0 Å². The number of amides is 1. The molecule has 7 heteroatoms. The van der Waals surface area contributed by atoms with E-state index < -0.39 is 0 Å². The number of carbonyl (C=O) groups excluding carboxylic acids is 1. The summed E-state index contributed by atoms with van der Waals surface area (Å²) in [5, 5.41) is 3.96. The lowest BCUT2D eigenvalue weighted by molar-refractivity contribution is -0.123. The molecule has 152 valence electrons. The van der Waals surface area contributed by atoms with Gasteiger partial charge in [-0.3, -0.25) is 19.1 Å². The van der Waals surface area contributed by atoms with E-state index in [1.54, 1.807) is 11.3 Å². The minimum absolute atomic E-state index is 0.0989. The number of carbonyl (C=O) groups is 1. The van der Waals surface area contributed by atoms with E-state index in [2.05, 4.69) is 17.1 Å². The van der Waals surface area contributed by atoms with Crippen molar-refractivity contribution in [3.63, 3.8) is 0 Å². The lowest BCUT2D eigenvalue weighted by Gasteiger charge is -2.33. The van der Waals surface area contributed by atoms with E-state index in [4.69, 9.17) is 4.98 Å². The number of aryl methyl sites for hydroxylation is 3. The summed E-state index contributed by atoms with van der Waals surface area (Å²) >= 11 is 1.61. The minimum Gasteiger partial charge on any atom is -0.352 e. The number of nitrogens with zero attached hydrogens (tertiary/aromatic N) is 3. The Morgan fingerprint density at radius 3 is 2.50 bits per heavy atom. The van der Waals surface area contributed by atoms with Crippen LogP contribution in [-0.4, -0.2) is 46.0 Å². The second kappa shape index (κ2) is 7.95. The van der Waals surface area contributed by atoms with Crippen molar-refractivity contribution in [1.82, 2.24) is 19.8 Å². The maximum atomic E-state index is 13.2. The molecule has 2 aliphatic rings. The van der Waals surface area contributed by atoms with E-state index in [0.717, 1.165) is 60.4 Å². The predicted octanol–water partition coefficient (Wildman–Crippen LogP) is 3.08. The van der Waals surface area contributed by atoms with Gasteiger partial charge in [-0.1, -0.05) is 12.8 Å². The summed E-state index contributed by atoms with van der Waals surface area (Å²) in [6, 6.07) is 0.541. The summed E-state index contributed by atoms with van der Waals surface area (Å²) in [7, 11) is 0. The number of aromatic nitrogens is 2. The molecule has 0 aromatic carbocycles. The molecule has 0 bridgehead atoms. The Balaban J connectivity index is 1.43. The maximum absolute atomic E-state index is 13.2. The molecule has 1 aliphatic carbocycles. The van der Waals surface area contributed by atoms with Crippen LogP contribution in [0.2, 0.25) is 0 Å². The molecule has 28 heavy (non-hydrogen) atoms. The normalized spacial score (nSPS) is 19.5. The largest absolute Gasteiger partial charge is 0.352 e. The van der Waals surface area contributed by atoms with Crippen molar-refractivity contribution in [2.75, 3.05) is 19.6 Å². The van der Waals surface area contributed by atoms with Gasteiger partial charge in [-0.15, -0.1) is 11.3 Å². The highest BCUT2D eigenvalue weighted by molar-refractivity contribution is 7.18. The second-order valence-corrected chi connectivity index (χ2v) is 9.56. The number of thiophene rings is 1. The van der Waals surface area contributed by atoms with E-state index in [1.165, 1.54) is 17.7 Å². The van der Waals surface area contributed by atoms with Crippen LogP contribution in [0.5, 0.6) is 0 Å². The van der Waals surface area contributed by atoms with Crippen molar-refractivity contribution < 1.29 is 4.79 Å². The molecule has 0 unspecified atom stereocenters. The highest BCUT2D eigenvalue weighted by Gasteiger charge is 2.26. The van der Waals surface area contributed by atoms with Gasteiger partial charge in [0.05, 0.1) is 11.9 Å². The van der Waals surface area contributed by atoms with Gasteiger partial charge in [0.1, 0.15) is 10.7 Å². The molecule has 0 radical (unpaired) electrons. The van der Waals surface area contributed by atoms with E-state index in [9.17, 15) is 9.59 Å². The Labute approximate surface area is 169 Å². The fourth-order valence-electron chi connectivity index (χ4n) is 4.72. The van der Waals surface area contributed by atoms with Crippen LogP contribution in [-0.2, 0) is 4.79 Å². The summed E-state index contributed by atoms with van der Waals surface area (Å²) < 4.78 is 1.90. The van der Waals surface area contributed by atoms with Crippen LogP contribution in [0.15, 0.2) is 4.79 Å². The van der Waals surface area contributed by atoms with Crippen LogP contribution < -0.4 is 10.9 Å². The average molecular weight is 403 g/mol. The first-order valence-electron chi connectivity index (χ1n) is 10.4. The number of nitrogens with one attached hydrogen (secondary N) is 1. The average Bonchev–Trinajstić information content (AvgIpc) is 3.24. The fraction of sp³-hybridized carbons (Fsp3) is 0.667. The SMILES string of the molecule is Cc1sc2nc(C)n(C3CCN(CC(=O)NC4CCCC4)CC3)c(=O)c2c1C. The molecule has 1 N–H and O–H groups in total. The molecule has 1 saturated carbocycles. The number of hydrogen-bond acceptors (Lipinski definition) is 5. The molecule has 1 amide bonds. The first-order chi connectivity index (χ1) is 13.4. The Morgan fingerprint density at radius 2 is 1.82 bits per heavy atom. The molecule has 1 aliphatic heterocycles. The van der Waals surface area contributed by atoms with Gasteiger partial charge in [0.15, 0.2) is 0 Å². The predicted molar refractivity (Wildman–Crippen MR) is 113 cm³/mol. The molecule has 2 fully saturated rings. The molecule has 2 aromatic heterocycles. The van der Waals surface area contributed by atoms with Crippen molar-refractivity contribution in [2.45, 2.75) is 71.4 Å². The topological polar surface area (TPSA) is 67.2 Å². The van der Waals surface area contributed by atoms with Gasteiger partial charge >= 0.3 is 0 Å². The van der Waals surface area contributed by atoms with Gasteiger partial charge in [-0.05, 0) is 52.0 Å². The number of likely N-dealkylation sites (tertiary alicyclic amines) is 1. The van der Waals surface area contributed by atoms with Crippen LogP contribution in [0.1, 0.15) is 60.8 Å². The molecule has 0 atom stereocenters. The maximum Gasteiger partial charge on any atom is 0.262 e. The molecule has 4 rings (SSSR count). The van der Waals surface area contributed by atoms with E-state index in [1.807, 2.05) is 18.4 Å². The van der Waals surface area contributed by atoms with Gasteiger partial charge in [0.2, 0.25) is 5.91 Å². The second-order valence-electron chi connectivity index (χ2n) is 8.35. The Hall–Kier alpha value is -1.73. The van der Waals surface area contributed by atoms with Gasteiger partial charge in [0, 0.05) is 30.1 Å². The Bertz CT molecular complexity index is 934. The highest BCUT2D eigenvalue weighted by atomic mass is 32.1. The first kappa shape index (κ1) is 19.6.